The lowest BCUT2D eigenvalue weighted by molar-refractivity contribution is -0.139. The van der Waals surface area contributed by atoms with Gasteiger partial charge in [-0.3, -0.25) is 14.0 Å². The molecular formula is C26H26F2N8O5. The number of imidazole rings is 1. The lowest BCUT2D eigenvalue weighted by atomic mass is 10.2. The molecule has 1 aliphatic heterocycles. The van der Waals surface area contributed by atoms with Gasteiger partial charge in [0.2, 0.25) is 5.95 Å². The quantitative estimate of drug-likeness (QED) is 0.284. The molecule has 214 valence electrons. The molecule has 5 aromatic rings. The molecule has 6 rings (SSSR count). The number of nitrogens with zero attached hydrogens (tertiary/aromatic N) is 7. The van der Waals surface area contributed by atoms with Crippen LogP contribution in [0, 0.1) is 11.6 Å². The molecule has 3 N–H and O–H groups in total. The number of aliphatic carboxylic acids is 1. The second-order valence-electron chi connectivity index (χ2n) is 9.66. The molecule has 0 amide bonds. The van der Waals surface area contributed by atoms with Crippen molar-refractivity contribution in [3.63, 3.8) is 0 Å². The molecule has 0 aliphatic carbocycles. The number of fused-ring (bicyclic) bond motifs is 3. The second-order valence-corrected chi connectivity index (χ2v) is 9.66. The van der Waals surface area contributed by atoms with Crippen LogP contribution in [-0.4, -0.2) is 79.0 Å². The monoisotopic (exact) mass is 568 g/mol. The predicted molar refractivity (Wildman–Crippen MR) is 144 cm³/mol. The number of hydrogen-bond acceptors (Lipinski definition) is 9. The Hall–Kier alpha value is -4.92. The third kappa shape index (κ3) is 4.63. The summed E-state index contributed by atoms with van der Waals surface area (Å²) in [6.45, 7) is 1.99. The topological polar surface area (TPSA) is 149 Å². The van der Waals surface area contributed by atoms with E-state index in [1.807, 2.05) is 0 Å². The number of hydrogen-bond donors (Lipinski definition) is 2. The molecule has 0 atom stereocenters. The van der Waals surface area contributed by atoms with Crippen LogP contribution in [0.2, 0.25) is 0 Å². The van der Waals surface area contributed by atoms with Crippen LogP contribution < -0.4 is 21.1 Å². The molecule has 4 aromatic heterocycles. The van der Waals surface area contributed by atoms with Crippen LogP contribution in [0.4, 0.5) is 20.4 Å². The molecule has 1 fully saturated rings. The SMILES string of the molecule is Cn1c(=O)n(CCN2CCN(c3ccc(F)c(OCC(=O)O)c3F)CC2)c2nc(N)n3nc(-c4ccco4)cc3c21. The van der Waals surface area contributed by atoms with E-state index in [1.165, 1.54) is 15.1 Å². The molecule has 0 radical (unpaired) electrons. The van der Waals surface area contributed by atoms with E-state index < -0.39 is 30.0 Å². The van der Waals surface area contributed by atoms with Crippen molar-refractivity contribution in [2.75, 3.05) is 50.0 Å². The molecule has 0 unspecified atom stereocenters. The van der Waals surface area contributed by atoms with Crippen LogP contribution in [0.3, 0.4) is 0 Å². The van der Waals surface area contributed by atoms with Gasteiger partial charge in [0.15, 0.2) is 35.4 Å². The Morgan fingerprint density at radius 2 is 1.95 bits per heavy atom. The summed E-state index contributed by atoms with van der Waals surface area (Å²) in [7, 11) is 1.67. The fraction of sp³-hybridized carbons (Fsp3) is 0.308. The smallest absolute Gasteiger partial charge is 0.341 e. The van der Waals surface area contributed by atoms with Crippen LogP contribution in [-0.2, 0) is 18.4 Å². The van der Waals surface area contributed by atoms with Gasteiger partial charge in [0.05, 0.1) is 17.5 Å². The zero-order valence-corrected chi connectivity index (χ0v) is 22.0. The lowest BCUT2D eigenvalue weighted by Gasteiger charge is -2.36. The van der Waals surface area contributed by atoms with E-state index in [1.54, 1.807) is 41.0 Å². The van der Waals surface area contributed by atoms with Crippen molar-refractivity contribution >= 4 is 34.3 Å². The predicted octanol–water partition coefficient (Wildman–Crippen LogP) is 1.79. The van der Waals surface area contributed by atoms with E-state index in [-0.39, 0.29) is 17.3 Å². The van der Waals surface area contributed by atoms with Crippen LogP contribution in [0.25, 0.3) is 28.1 Å². The third-order valence-corrected chi connectivity index (χ3v) is 7.21. The minimum Gasteiger partial charge on any atom is -0.479 e. The van der Waals surface area contributed by atoms with E-state index in [4.69, 9.17) is 20.0 Å². The van der Waals surface area contributed by atoms with Crippen molar-refractivity contribution in [3.8, 4) is 17.2 Å². The van der Waals surface area contributed by atoms with Crippen LogP contribution in [0.5, 0.6) is 5.75 Å². The third-order valence-electron chi connectivity index (χ3n) is 7.21. The number of halogens is 2. The number of nitrogens with two attached hydrogens (primary N) is 1. The number of carboxylic acid groups (broad SMARTS) is 1. The molecule has 41 heavy (non-hydrogen) atoms. The maximum Gasteiger partial charge on any atom is 0.341 e. The van der Waals surface area contributed by atoms with E-state index in [0.717, 1.165) is 6.07 Å². The highest BCUT2D eigenvalue weighted by Crippen LogP contribution is 2.31. The average molecular weight is 569 g/mol. The average Bonchev–Trinajstić information content (AvgIpc) is 3.68. The Kier molecular flexibility index (Phi) is 6.57. The van der Waals surface area contributed by atoms with Crippen molar-refractivity contribution in [1.82, 2.24) is 28.6 Å². The first kappa shape index (κ1) is 26.3. The highest BCUT2D eigenvalue weighted by molar-refractivity contribution is 5.91. The number of ether oxygens (including phenoxy) is 1. The van der Waals surface area contributed by atoms with E-state index in [9.17, 15) is 18.4 Å². The number of nitrogen functional groups attached to an aromatic ring is 1. The maximum atomic E-state index is 15.0. The van der Waals surface area contributed by atoms with Crippen LogP contribution in [0.15, 0.2) is 45.8 Å². The number of aromatic nitrogens is 5. The summed E-state index contributed by atoms with van der Waals surface area (Å²) in [6.07, 6.45) is 1.55. The van der Waals surface area contributed by atoms with E-state index >= 15 is 0 Å². The van der Waals surface area contributed by atoms with Crippen molar-refractivity contribution < 1.29 is 27.8 Å². The molecule has 0 spiro atoms. The first-order valence-corrected chi connectivity index (χ1v) is 12.8. The zero-order valence-electron chi connectivity index (χ0n) is 22.0. The van der Waals surface area contributed by atoms with E-state index in [0.29, 0.717) is 67.4 Å². The van der Waals surface area contributed by atoms with Gasteiger partial charge >= 0.3 is 11.7 Å². The summed E-state index contributed by atoms with van der Waals surface area (Å²) in [5, 5.41) is 13.3. The summed E-state index contributed by atoms with van der Waals surface area (Å²) in [4.78, 5) is 32.4. The molecule has 0 bridgehead atoms. The number of aryl methyl sites for hydroxylation is 1. The minimum atomic E-state index is -1.33. The Morgan fingerprint density at radius 1 is 1.17 bits per heavy atom. The lowest BCUT2D eigenvalue weighted by Crippen LogP contribution is -2.47. The fourth-order valence-corrected chi connectivity index (χ4v) is 5.16. The standard InChI is InChI=1S/C26H26F2N8O5/c1-32-22-18-13-16(19-3-2-12-40-19)31-36(18)25(29)30-24(22)35(26(32)39)11-8-33-6-9-34(10-7-33)17-5-4-15(27)23(21(17)28)41-14-20(37)38/h2-5,12-13H,6-11,14H2,1H3,(H2,29,30)(H,37,38). The molecule has 1 aliphatic rings. The summed E-state index contributed by atoms with van der Waals surface area (Å²) < 4.78 is 43.9. The number of benzene rings is 1. The Morgan fingerprint density at radius 3 is 2.66 bits per heavy atom. The number of rotatable bonds is 8. The zero-order chi connectivity index (χ0) is 28.8. The van der Waals surface area contributed by atoms with Gasteiger partial charge in [-0.05, 0) is 30.3 Å². The Balaban J connectivity index is 1.18. The molecule has 1 aromatic carbocycles. The number of anilines is 2. The van der Waals surface area contributed by atoms with Gasteiger partial charge in [0.25, 0.3) is 0 Å². The molecule has 15 heteroatoms. The molecule has 13 nitrogen and oxygen atoms in total. The van der Waals surface area contributed by atoms with Crippen molar-refractivity contribution in [3.05, 3.63) is 58.7 Å². The van der Waals surface area contributed by atoms with Gasteiger partial charge in [-0.25, -0.2) is 18.4 Å². The van der Waals surface area contributed by atoms with Crippen molar-refractivity contribution in [1.29, 1.82) is 0 Å². The largest absolute Gasteiger partial charge is 0.479 e. The normalized spacial score (nSPS) is 14.4. The number of carboxylic acids is 1. The molecule has 5 heterocycles. The Bertz CT molecular complexity index is 1820. The second kappa shape index (κ2) is 10.2. The molecule has 0 saturated carbocycles. The summed E-state index contributed by atoms with van der Waals surface area (Å²) in [5.41, 5.74) is 8.32. The first-order valence-electron chi connectivity index (χ1n) is 12.8. The van der Waals surface area contributed by atoms with Gasteiger partial charge in [-0.1, -0.05) is 0 Å². The molecule has 1 saturated heterocycles. The summed E-state index contributed by atoms with van der Waals surface area (Å²) >= 11 is 0. The highest BCUT2D eigenvalue weighted by Gasteiger charge is 2.25. The summed E-state index contributed by atoms with van der Waals surface area (Å²) in [5.74, 6) is -3.25. The minimum absolute atomic E-state index is 0.131. The Labute approximate surface area is 230 Å². The number of carbonyl (C=O) groups is 1. The van der Waals surface area contributed by atoms with Gasteiger partial charge in [-0.15, -0.1) is 0 Å². The maximum absolute atomic E-state index is 15.0. The van der Waals surface area contributed by atoms with E-state index in [2.05, 4.69) is 15.0 Å². The number of piperazine rings is 1. The van der Waals surface area contributed by atoms with Gasteiger partial charge < -0.3 is 24.9 Å². The molecular weight excluding hydrogens is 542 g/mol. The first-order chi connectivity index (χ1) is 19.7. The van der Waals surface area contributed by atoms with Crippen molar-refractivity contribution in [2.24, 2.45) is 7.05 Å². The number of furan rings is 1. The van der Waals surface area contributed by atoms with Gasteiger partial charge in [0.1, 0.15) is 11.2 Å². The van der Waals surface area contributed by atoms with Gasteiger partial charge in [0, 0.05) is 46.3 Å². The van der Waals surface area contributed by atoms with Crippen molar-refractivity contribution in [2.45, 2.75) is 6.54 Å². The van der Waals surface area contributed by atoms with Crippen LogP contribution >= 0.6 is 0 Å². The van der Waals surface area contributed by atoms with Crippen LogP contribution in [0.1, 0.15) is 0 Å². The highest BCUT2D eigenvalue weighted by atomic mass is 19.1. The fourth-order valence-electron chi connectivity index (χ4n) is 5.16. The van der Waals surface area contributed by atoms with Gasteiger partial charge in [-0.2, -0.15) is 14.6 Å². The summed E-state index contributed by atoms with van der Waals surface area (Å²) in [6, 6.07) is 7.71.